The normalized spacial score (nSPS) is 20.6. The first-order valence-corrected chi connectivity index (χ1v) is 11.3. The lowest BCUT2D eigenvalue weighted by molar-refractivity contribution is -0.118. The molecule has 2 fully saturated rings. The molecule has 3 heterocycles. The summed E-state index contributed by atoms with van der Waals surface area (Å²) in [6, 6.07) is 0. The van der Waals surface area contributed by atoms with Crippen LogP contribution in [0, 0.1) is 5.92 Å². The van der Waals surface area contributed by atoms with Crippen molar-refractivity contribution in [1.29, 1.82) is 0 Å². The molecular formula is C19H33N5O3S. The van der Waals surface area contributed by atoms with Crippen LogP contribution in [0.5, 0.6) is 0 Å². The van der Waals surface area contributed by atoms with Crippen LogP contribution in [0.25, 0.3) is 0 Å². The summed E-state index contributed by atoms with van der Waals surface area (Å²) in [5.41, 5.74) is 0. The first kappa shape index (κ1) is 21.4. The number of methoxy groups -OCH3 is 1. The summed E-state index contributed by atoms with van der Waals surface area (Å²) in [5.74, 6) is 2.04. The molecule has 0 bridgehead atoms. The van der Waals surface area contributed by atoms with E-state index in [4.69, 9.17) is 9.47 Å². The molecule has 2 saturated heterocycles. The van der Waals surface area contributed by atoms with Gasteiger partial charge < -0.3 is 19.7 Å². The van der Waals surface area contributed by atoms with Crippen molar-refractivity contribution in [3.8, 4) is 0 Å². The Kier molecular flexibility index (Phi) is 8.42. The van der Waals surface area contributed by atoms with Crippen molar-refractivity contribution in [2.24, 2.45) is 5.92 Å². The predicted molar refractivity (Wildman–Crippen MR) is 110 cm³/mol. The van der Waals surface area contributed by atoms with Gasteiger partial charge in [-0.2, -0.15) is 0 Å². The van der Waals surface area contributed by atoms with Crippen LogP contribution in [0.4, 0.5) is 5.95 Å². The Bertz CT molecular complexity index is 613. The minimum atomic E-state index is 0.0149. The van der Waals surface area contributed by atoms with Crippen LogP contribution < -0.4 is 10.2 Å². The molecule has 28 heavy (non-hydrogen) atoms. The third kappa shape index (κ3) is 6.09. The molecule has 3 rings (SSSR count). The van der Waals surface area contributed by atoms with Crippen LogP contribution in [0.2, 0.25) is 0 Å². The summed E-state index contributed by atoms with van der Waals surface area (Å²) in [6.45, 7) is 7.20. The number of hydrogen-bond donors (Lipinski definition) is 1. The van der Waals surface area contributed by atoms with E-state index in [1.54, 1.807) is 7.11 Å². The average Bonchev–Trinajstić information content (AvgIpc) is 3.35. The number of nitrogens with zero attached hydrogens (tertiary/aromatic N) is 4. The maximum atomic E-state index is 12.1. The van der Waals surface area contributed by atoms with Crippen molar-refractivity contribution in [1.82, 2.24) is 20.1 Å². The average molecular weight is 412 g/mol. The van der Waals surface area contributed by atoms with Gasteiger partial charge in [0.05, 0.1) is 18.4 Å². The van der Waals surface area contributed by atoms with Crippen molar-refractivity contribution in [2.75, 3.05) is 50.6 Å². The minimum absolute atomic E-state index is 0.0149. The molecule has 0 aliphatic carbocycles. The lowest BCUT2D eigenvalue weighted by atomic mass is 10.00. The molecule has 1 aromatic heterocycles. The van der Waals surface area contributed by atoms with Crippen molar-refractivity contribution >= 4 is 23.6 Å². The van der Waals surface area contributed by atoms with Gasteiger partial charge in [0, 0.05) is 40.0 Å². The van der Waals surface area contributed by atoms with E-state index < -0.39 is 0 Å². The van der Waals surface area contributed by atoms with Crippen LogP contribution in [-0.2, 0) is 20.8 Å². The zero-order chi connectivity index (χ0) is 19.8. The van der Waals surface area contributed by atoms with Gasteiger partial charge in [-0.15, -0.1) is 10.2 Å². The van der Waals surface area contributed by atoms with Crippen molar-refractivity contribution in [3.05, 3.63) is 0 Å². The SMILES string of the molecule is COCCCNC(=O)CSc1nnc(N2CCC(C)CC2)n1CC1CCCO1. The standard InChI is InChI=1S/C19H33N5O3S/c1-15-6-9-23(10-7-15)18-21-22-19(24(18)13-16-5-3-12-27-16)28-14-17(25)20-8-4-11-26-2/h15-16H,3-14H2,1-2H3,(H,20,25). The van der Waals surface area contributed by atoms with Gasteiger partial charge in [-0.05, 0) is 38.0 Å². The zero-order valence-corrected chi connectivity index (χ0v) is 17.9. The van der Waals surface area contributed by atoms with Gasteiger partial charge >= 0.3 is 0 Å². The highest BCUT2D eigenvalue weighted by atomic mass is 32.2. The summed E-state index contributed by atoms with van der Waals surface area (Å²) in [6.07, 6.45) is 5.56. The van der Waals surface area contributed by atoms with E-state index in [0.29, 0.717) is 18.9 Å². The van der Waals surface area contributed by atoms with Crippen LogP contribution in [-0.4, -0.2) is 72.5 Å². The van der Waals surface area contributed by atoms with Gasteiger partial charge in [0.15, 0.2) is 5.16 Å². The van der Waals surface area contributed by atoms with Crippen LogP contribution in [0.1, 0.15) is 39.0 Å². The van der Waals surface area contributed by atoms with Gasteiger partial charge in [-0.1, -0.05) is 18.7 Å². The number of piperidine rings is 1. The second-order valence-electron chi connectivity index (χ2n) is 7.68. The quantitative estimate of drug-likeness (QED) is 0.465. The molecular weight excluding hydrogens is 378 g/mol. The van der Waals surface area contributed by atoms with Crippen LogP contribution in [0.3, 0.4) is 0 Å². The van der Waals surface area contributed by atoms with Gasteiger partial charge in [0.25, 0.3) is 0 Å². The number of nitrogens with one attached hydrogen (secondary N) is 1. The fourth-order valence-electron chi connectivity index (χ4n) is 3.61. The Morgan fingerprint density at radius 2 is 2.14 bits per heavy atom. The topological polar surface area (TPSA) is 81.5 Å². The van der Waals surface area contributed by atoms with E-state index in [1.807, 2.05) is 0 Å². The largest absolute Gasteiger partial charge is 0.385 e. The molecule has 2 aliphatic heterocycles. The molecule has 0 spiro atoms. The first-order valence-electron chi connectivity index (χ1n) is 10.4. The number of rotatable bonds is 10. The monoisotopic (exact) mass is 411 g/mol. The molecule has 1 unspecified atom stereocenters. The third-order valence-electron chi connectivity index (χ3n) is 5.35. The lowest BCUT2D eigenvalue weighted by Crippen LogP contribution is -2.35. The van der Waals surface area contributed by atoms with E-state index in [1.165, 1.54) is 24.6 Å². The lowest BCUT2D eigenvalue weighted by Gasteiger charge is -2.31. The van der Waals surface area contributed by atoms with Gasteiger partial charge in [0.2, 0.25) is 11.9 Å². The van der Waals surface area contributed by atoms with E-state index in [0.717, 1.165) is 62.5 Å². The molecule has 1 aromatic rings. The van der Waals surface area contributed by atoms with Crippen molar-refractivity contribution in [3.63, 3.8) is 0 Å². The fourth-order valence-corrected chi connectivity index (χ4v) is 4.38. The highest BCUT2D eigenvalue weighted by molar-refractivity contribution is 7.99. The third-order valence-corrected chi connectivity index (χ3v) is 6.32. The Balaban J connectivity index is 1.61. The Labute approximate surface area is 171 Å². The molecule has 0 radical (unpaired) electrons. The summed E-state index contributed by atoms with van der Waals surface area (Å²) in [7, 11) is 1.67. The van der Waals surface area contributed by atoms with Gasteiger partial charge in [-0.25, -0.2) is 0 Å². The Hall–Kier alpha value is -1.32. The fraction of sp³-hybridized carbons (Fsp3) is 0.842. The van der Waals surface area contributed by atoms with Gasteiger partial charge in [-0.3, -0.25) is 9.36 Å². The Morgan fingerprint density at radius 3 is 2.86 bits per heavy atom. The van der Waals surface area contributed by atoms with Crippen LogP contribution in [0.15, 0.2) is 5.16 Å². The second-order valence-corrected chi connectivity index (χ2v) is 8.63. The zero-order valence-electron chi connectivity index (χ0n) is 17.1. The van der Waals surface area contributed by atoms with E-state index in [-0.39, 0.29) is 12.0 Å². The summed E-state index contributed by atoms with van der Waals surface area (Å²) >= 11 is 1.45. The Morgan fingerprint density at radius 1 is 1.32 bits per heavy atom. The number of ether oxygens (including phenoxy) is 2. The number of carbonyl (C=O) groups is 1. The molecule has 0 saturated carbocycles. The predicted octanol–water partition coefficient (Wildman–Crippen LogP) is 1.94. The minimum Gasteiger partial charge on any atom is -0.385 e. The second kappa shape index (κ2) is 11.0. The maximum absolute atomic E-state index is 12.1. The molecule has 2 aliphatic rings. The van der Waals surface area contributed by atoms with E-state index in [9.17, 15) is 4.79 Å². The molecule has 158 valence electrons. The van der Waals surface area contributed by atoms with Crippen LogP contribution >= 0.6 is 11.8 Å². The summed E-state index contributed by atoms with van der Waals surface area (Å²) in [5, 5.41) is 12.6. The maximum Gasteiger partial charge on any atom is 0.230 e. The van der Waals surface area contributed by atoms with Crippen molar-refractivity contribution < 1.29 is 14.3 Å². The molecule has 9 heteroatoms. The number of aromatic nitrogens is 3. The van der Waals surface area contributed by atoms with Gasteiger partial charge in [0.1, 0.15) is 0 Å². The smallest absolute Gasteiger partial charge is 0.230 e. The molecule has 1 atom stereocenters. The summed E-state index contributed by atoms with van der Waals surface area (Å²) in [4.78, 5) is 14.4. The van der Waals surface area contributed by atoms with E-state index in [2.05, 4.69) is 31.9 Å². The summed E-state index contributed by atoms with van der Waals surface area (Å²) < 4.78 is 13.0. The first-order chi connectivity index (χ1) is 13.7. The molecule has 1 amide bonds. The number of carbonyl (C=O) groups excluding carboxylic acids is 1. The highest BCUT2D eigenvalue weighted by Crippen LogP contribution is 2.27. The number of thioether (sulfide) groups is 1. The molecule has 8 nitrogen and oxygen atoms in total. The number of amides is 1. The highest BCUT2D eigenvalue weighted by Gasteiger charge is 2.26. The van der Waals surface area contributed by atoms with E-state index >= 15 is 0 Å². The molecule has 1 N–H and O–H groups in total. The van der Waals surface area contributed by atoms with Crippen molar-refractivity contribution in [2.45, 2.75) is 56.8 Å². The number of anilines is 1. The molecule has 0 aromatic carbocycles. The number of hydrogen-bond acceptors (Lipinski definition) is 7.